The van der Waals surface area contributed by atoms with E-state index in [0.717, 1.165) is 45.6 Å². The Labute approximate surface area is 117 Å². The zero-order valence-corrected chi connectivity index (χ0v) is 12.5. The Hall–Kier alpha value is -0.160. The number of hydrogen-bond donors (Lipinski definition) is 2. The Bertz CT molecular complexity index is 271. The molecule has 1 saturated heterocycles. The maximum atomic E-state index is 9.95. The first-order valence-corrected chi connectivity index (χ1v) is 7.94. The average Bonchev–Trinajstić information content (AvgIpc) is 3.28. The molecule has 0 amide bonds. The van der Waals surface area contributed by atoms with E-state index in [9.17, 15) is 5.11 Å². The number of morpholine rings is 1. The van der Waals surface area contributed by atoms with E-state index in [1.54, 1.807) is 0 Å². The summed E-state index contributed by atoms with van der Waals surface area (Å²) in [5.74, 6) is 0.659. The van der Waals surface area contributed by atoms with Gasteiger partial charge in [-0.25, -0.2) is 0 Å². The van der Waals surface area contributed by atoms with E-state index in [1.807, 2.05) is 0 Å². The summed E-state index contributed by atoms with van der Waals surface area (Å²) in [4.78, 5) is 2.48. The minimum atomic E-state index is -0.0777. The smallest absolute Gasteiger partial charge is 0.0700 e. The molecule has 1 saturated carbocycles. The maximum absolute atomic E-state index is 9.95. The molecule has 2 rings (SSSR count). The van der Waals surface area contributed by atoms with Gasteiger partial charge in [0.2, 0.25) is 0 Å². The highest BCUT2D eigenvalue weighted by atomic mass is 16.5. The third kappa shape index (κ3) is 3.91. The number of nitrogens with zero attached hydrogens (tertiary/aromatic N) is 1. The van der Waals surface area contributed by atoms with Crippen molar-refractivity contribution >= 4 is 0 Å². The van der Waals surface area contributed by atoms with E-state index in [-0.39, 0.29) is 12.1 Å². The van der Waals surface area contributed by atoms with Crippen molar-refractivity contribution in [2.75, 3.05) is 39.4 Å². The molecule has 4 nitrogen and oxygen atoms in total. The number of aliphatic hydroxyl groups is 1. The SMILES string of the molecule is CCCNC(CO)(CN1CCOC(CC)C1)C1CC1. The highest BCUT2D eigenvalue weighted by molar-refractivity contribution is 5.03. The average molecular weight is 270 g/mol. The lowest BCUT2D eigenvalue weighted by atomic mass is 9.92. The lowest BCUT2D eigenvalue weighted by Crippen LogP contribution is -2.60. The fourth-order valence-electron chi connectivity index (χ4n) is 3.14. The molecular weight excluding hydrogens is 240 g/mol. The molecule has 0 aromatic heterocycles. The molecule has 2 N–H and O–H groups in total. The number of ether oxygens (including phenoxy) is 1. The third-order valence-electron chi connectivity index (χ3n) is 4.55. The highest BCUT2D eigenvalue weighted by Crippen LogP contribution is 2.40. The molecule has 2 unspecified atom stereocenters. The summed E-state index contributed by atoms with van der Waals surface area (Å²) in [5.41, 5.74) is -0.0777. The molecule has 1 aliphatic heterocycles. The molecule has 1 aliphatic carbocycles. The van der Waals surface area contributed by atoms with Crippen molar-refractivity contribution in [1.29, 1.82) is 0 Å². The van der Waals surface area contributed by atoms with Gasteiger partial charge in [0.05, 0.1) is 24.9 Å². The van der Waals surface area contributed by atoms with E-state index < -0.39 is 0 Å². The second kappa shape index (κ2) is 7.02. The molecule has 0 bridgehead atoms. The normalized spacial score (nSPS) is 28.3. The first-order chi connectivity index (χ1) is 9.24. The number of hydrogen-bond acceptors (Lipinski definition) is 4. The zero-order valence-electron chi connectivity index (χ0n) is 12.5. The summed E-state index contributed by atoms with van der Waals surface area (Å²) in [6.07, 6.45) is 5.09. The summed E-state index contributed by atoms with van der Waals surface area (Å²) in [6.45, 7) is 9.43. The Morgan fingerprint density at radius 1 is 1.37 bits per heavy atom. The van der Waals surface area contributed by atoms with E-state index in [1.165, 1.54) is 12.8 Å². The molecule has 0 spiro atoms. The van der Waals surface area contributed by atoms with Gasteiger partial charge in [-0.1, -0.05) is 13.8 Å². The lowest BCUT2D eigenvalue weighted by Gasteiger charge is -2.41. The minimum Gasteiger partial charge on any atom is -0.394 e. The van der Waals surface area contributed by atoms with Crippen molar-refractivity contribution < 1.29 is 9.84 Å². The molecule has 0 aromatic rings. The number of nitrogens with one attached hydrogen (secondary N) is 1. The van der Waals surface area contributed by atoms with E-state index >= 15 is 0 Å². The fourth-order valence-corrected chi connectivity index (χ4v) is 3.14. The summed E-state index contributed by atoms with van der Waals surface area (Å²) < 4.78 is 5.74. The largest absolute Gasteiger partial charge is 0.394 e. The maximum Gasteiger partial charge on any atom is 0.0700 e. The molecule has 19 heavy (non-hydrogen) atoms. The van der Waals surface area contributed by atoms with Crippen molar-refractivity contribution in [1.82, 2.24) is 10.2 Å². The van der Waals surface area contributed by atoms with Crippen LogP contribution in [0.4, 0.5) is 0 Å². The van der Waals surface area contributed by atoms with Crippen LogP contribution in [0.1, 0.15) is 39.5 Å². The van der Waals surface area contributed by atoms with Crippen molar-refractivity contribution in [2.45, 2.75) is 51.2 Å². The van der Waals surface area contributed by atoms with E-state index in [2.05, 4.69) is 24.1 Å². The standard InChI is InChI=1S/C15H30N2O2/c1-3-7-16-15(12-18,13-5-6-13)11-17-8-9-19-14(4-2)10-17/h13-14,16,18H,3-12H2,1-2H3. The van der Waals surface area contributed by atoms with Crippen LogP contribution in [0.2, 0.25) is 0 Å². The van der Waals surface area contributed by atoms with Crippen LogP contribution in [0.25, 0.3) is 0 Å². The fraction of sp³-hybridized carbons (Fsp3) is 1.00. The van der Waals surface area contributed by atoms with Crippen LogP contribution in [0.3, 0.4) is 0 Å². The van der Waals surface area contributed by atoms with Gasteiger partial charge in [0.15, 0.2) is 0 Å². The van der Waals surface area contributed by atoms with Gasteiger partial charge in [0, 0.05) is 19.6 Å². The highest BCUT2D eigenvalue weighted by Gasteiger charge is 2.45. The molecule has 4 heteroatoms. The zero-order chi connectivity index (χ0) is 13.7. The van der Waals surface area contributed by atoms with Crippen molar-refractivity contribution in [3.05, 3.63) is 0 Å². The van der Waals surface area contributed by atoms with E-state index in [0.29, 0.717) is 12.0 Å². The second-order valence-corrected chi connectivity index (χ2v) is 6.15. The predicted molar refractivity (Wildman–Crippen MR) is 77.3 cm³/mol. The van der Waals surface area contributed by atoms with Crippen LogP contribution in [-0.2, 0) is 4.74 Å². The Balaban J connectivity index is 1.94. The van der Waals surface area contributed by atoms with Gasteiger partial charge >= 0.3 is 0 Å². The summed E-state index contributed by atoms with van der Waals surface area (Å²) in [5, 5.41) is 13.6. The first-order valence-electron chi connectivity index (χ1n) is 7.94. The Morgan fingerprint density at radius 2 is 2.16 bits per heavy atom. The van der Waals surface area contributed by atoms with Gasteiger partial charge in [0.25, 0.3) is 0 Å². The monoisotopic (exact) mass is 270 g/mol. The third-order valence-corrected chi connectivity index (χ3v) is 4.55. The minimum absolute atomic E-state index is 0.0777. The van der Waals surface area contributed by atoms with Crippen LogP contribution >= 0.6 is 0 Å². The molecule has 0 aromatic carbocycles. The predicted octanol–water partition coefficient (Wildman–Crippen LogP) is 1.24. The molecule has 1 heterocycles. The topological polar surface area (TPSA) is 44.7 Å². The van der Waals surface area contributed by atoms with Crippen LogP contribution in [0, 0.1) is 5.92 Å². The Morgan fingerprint density at radius 3 is 2.74 bits per heavy atom. The Kier molecular flexibility index (Phi) is 5.63. The number of aliphatic hydroxyl groups excluding tert-OH is 1. The lowest BCUT2D eigenvalue weighted by molar-refractivity contribution is -0.0439. The first kappa shape index (κ1) is 15.2. The molecule has 2 aliphatic rings. The summed E-state index contributed by atoms with van der Waals surface area (Å²) in [6, 6.07) is 0. The quantitative estimate of drug-likeness (QED) is 0.696. The molecule has 0 radical (unpaired) electrons. The summed E-state index contributed by atoms with van der Waals surface area (Å²) in [7, 11) is 0. The molecule has 2 atom stereocenters. The van der Waals surface area contributed by atoms with Crippen LogP contribution < -0.4 is 5.32 Å². The van der Waals surface area contributed by atoms with Gasteiger partial charge in [-0.3, -0.25) is 4.90 Å². The molecule has 2 fully saturated rings. The molecular formula is C15H30N2O2. The van der Waals surface area contributed by atoms with Gasteiger partial charge in [-0.15, -0.1) is 0 Å². The van der Waals surface area contributed by atoms with Gasteiger partial charge in [0.1, 0.15) is 0 Å². The van der Waals surface area contributed by atoms with Gasteiger partial charge < -0.3 is 15.2 Å². The van der Waals surface area contributed by atoms with Crippen molar-refractivity contribution in [3.63, 3.8) is 0 Å². The van der Waals surface area contributed by atoms with Crippen LogP contribution in [-0.4, -0.2) is 61.0 Å². The van der Waals surface area contributed by atoms with Crippen LogP contribution in [0.15, 0.2) is 0 Å². The van der Waals surface area contributed by atoms with Crippen LogP contribution in [0.5, 0.6) is 0 Å². The number of rotatable bonds is 8. The van der Waals surface area contributed by atoms with E-state index in [4.69, 9.17) is 4.74 Å². The van der Waals surface area contributed by atoms with Gasteiger partial charge in [-0.2, -0.15) is 0 Å². The second-order valence-electron chi connectivity index (χ2n) is 6.15. The molecule has 112 valence electrons. The summed E-state index contributed by atoms with van der Waals surface area (Å²) >= 11 is 0. The van der Waals surface area contributed by atoms with Gasteiger partial charge in [-0.05, 0) is 38.1 Å². The van der Waals surface area contributed by atoms with Crippen molar-refractivity contribution in [2.24, 2.45) is 5.92 Å². The van der Waals surface area contributed by atoms with Crippen molar-refractivity contribution in [3.8, 4) is 0 Å².